The van der Waals surface area contributed by atoms with E-state index in [4.69, 9.17) is 0 Å². The summed E-state index contributed by atoms with van der Waals surface area (Å²) in [5, 5.41) is 2.18. The van der Waals surface area contributed by atoms with Gasteiger partial charge in [-0.1, -0.05) is 31.2 Å². The molecular weight excluding hydrogens is 399 g/mol. The van der Waals surface area contributed by atoms with E-state index in [0.29, 0.717) is 5.69 Å². The van der Waals surface area contributed by atoms with Crippen molar-refractivity contribution in [1.82, 2.24) is 4.90 Å². The summed E-state index contributed by atoms with van der Waals surface area (Å²) in [6.07, 6.45) is -3.86. The molecule has 1 aliphatic heterocycles. The van der Waals surface area contributed by atoms with E-state index < -0.39 is 41.7 Å². The van der Waals surface area contributed by atoms with Gasteiger partial charge < -0.3 is 15.1 Å². The largest absolute Gasteiger partial charge is 0.418 e. The first kappa shape index (κ1) is 21.4. The van der Waals surface area contributed by atoms with E-state index in [1.807, 2.05) is 19.1 Å². The number of alkyl halides is 3. The molecular formula is C21H20F3N3O3. The smallest absolute Gasteiger partial charge is 0.324 e. The van der Waals surface area contributed by atoms with E-state index in [2.05, 4.69) is 5.32 Å². The standard InChI is InChI=1S/C21H20F3N3O3/c1-2-14-6-5-7-15(12-14)27-11-10-26(19(29)20(27)30)13-18(28)25-17-9-4-3-8-16(17)21(22,23)24/h3-9,12H,2,10-11,13H2,1H3,(H,25,28). The first-order valence-corrected chi connectivity index (χ1v) is 9.36. The van der Waals surface area contributed by atoms with Gasteiger partial charge in [0.1, 0.15) is 6.54 Å². The number of aryl methyl sites for hydroxylation is 1. The van der Waals surface area contributed by atoms with Gasteiger partial charge in [0.15, 0.2) is 0 Å². The number of carbonyl (C=O) groups is 3. The number of piperazine rings is 1. The van der Waals surface area contributed by atoms with Gasteiger partial charge in [-0.15, -0.1) is 0 Å². The van der Waals surface area contributed by atoms with Crippen LogP contribution in [0.2, 0.25) is 0 Å². The molecule has 0 bridgehead atoms. The molecule has 0 aliphatic carbocycles. The van der Waals surface area contributed by atoms with Gasteiger partial charge >= 0.3 is 18.0 Å². The van der Waals surface area contributed by atoms with Crippen molar-refractivity contribution < 1.29 is 27.6 Å². The summed E-state index contributed by atoms with van der Waals surface area (Å²) in [6, 6.07) is 11.8. The summed E-state index contributed by atoms with van der Waals surface area (Å²) in [7, 11) is 0. The Labute approximate surface area is 171 Å². The van der Waals surface area contributed by atoms with E-state index in [-0.39, 0.29) is 13.1 Å². The molecule has 9 heteroatoms. The van der Waals surface area contributed by atoms with Crippen LogP contribution in [0.4, 0.5) is 24.5 Å². The van der Waals surface area contributed by atoms with Gasteiger partial charge in [-0.2, -0.15) is 13.2 Å². The quantitative estimate of drug-likeness (QED) is 0.758. The molecule has 6 nitrogen and oxygen atoms in total. The Morgan fingerprint density at radius 1 is 1.03 bits per heavy atom. The van der Waals surface area contributed by atoms with Crippen LogP contribution < -0.4 is 10.2 Å². The van der Waals surface area contributed by atoms with Crippen LogP contribution in [0.3, 0.4) is 0 Å². The number of nitrogens with one attached hydrogen (secondary N) is 1. The summed E-state index contributed by atoms with van der Waals surface area (Å²) in [4.78, 5) is 39.6. The third kappa shape index (κ3) is 4.61. The monoisotopic (exact) mass is 419 g/mol. The molecule has 0 atom stereocenters. The minimum atomic E-state index is -4.63. The van der Waals surface area contributed by atoms with Crippen LogP contribution in [0, 0.1) is 0 Å². The lowest BCUT2D eigenvalue weighted by Crippen LogP contribution is -2.56. The maximum atomic E-state index is 13.1. The predicted molar refractivity (Wildman–Crippen MR) is 105 cm³/mol. The van der Waals surface area contributed by atoms with Crippen molar-refractivity contribution in [3.05, 3.63) is 59.7 Å². The van der Waals surface area contributed by atoms with E-state index in [9.17, 15) is 27.6 Å². The molecule has 2 aromatic carbocycles. The minimum absolute atomic E-state index is 0.0925. The van der Waals surface area contributed by atoms with E-state index in [1.54, 1.807) is 12.1 Å². The second-order valence-electron chi connectivity index (χ2n) is 6.80. The third-order valence-electron chi connectivity index (χ3n) is 4.78. The number of hydrogen-bond donors (Lipinski definition) is 1. The highest BCUT2D eigenvalue weighted by Gasteiger charge is 2.36. The van der Waals surface area contributed by atoms with Crippen LogP contribution in [0.25, 0.3) is 0 Å². The average Bonchev–Trinajstić information content (AvgIpc) is 2.71. The van der Waals surface area contributed by atoms with Gasteiger partial charge in [-0.05, 0) is 36.2 Å². The molecule has 3 rings (SSSR count). The summed E-state index contributed by atoms with van der Waals surface area (Å²) in [6.45, 7) is 1.73. The summed E-state index contributed by atoms with van der Waals surface area (Å²) < 4.78 is 39.2. The van der Waals surface area contributed by atoms with Crippen molar-refractivity contribution in [1.29, 1.82) is 0 Å². The fraction of sp³-hybridized carbons (Fsp3) is 0.286. The van der Waals surface area contributed by atoms with Crippen LogP contribution in [-0.2, 0) is 27.0 Å². The molecule has 158 valence electrons. The van der Waals surface area contributed by atoms with Crippen molar-refractivity contribution >= 4 is 29.1 Å². The molecule has 0 radical (unpaired) electrons. The number of amides is 3. The van der Waals surface area contributed by atoms with E-state index >= 15 is 0 Å². The Morgan fingerprint density at radius 3 is 2.47 bits per heavy atom. The van der Waals surface area contributed by atoms with Gasteiger partial charge in [-0.3, -0.25) is 14.4 Å². The van der Waals surface area contributed by atoms with Crippen LogP contribution in [0.5, 0.6) is 0 Å². The zero-order valence-electron chi connectivity index (χ0n) is 16.2. The Morgan fingerprint density at radius 2 is 1.77 bits per heavy atom. The summed E-state index contributed by atoms with van der Waals surface area (Å²) in [5.41, 5.74) is 0.221. The topological polar surface area (TPSA) is 69.7 Å². The van der Waals surface area contributed by atoms with Crippen molar-refractivity contribution in [2.75, 3.05) is 29.9 Å². The summed E-state index contributed by atoms with van der Waals surface area (Å²) >= 11 is 0. The van der Waals surface area contributed by atoms with Crippen molar-refractivity contribution in [2.24, 2.45) is 0 Å². The lowest BCUT2D eigenvalue weighted by Gasteiger charge is -2.33. The number of hydrogen-bond acceptors (Lipinski definition) is 3. The second kappa shape index (κ2) is 8.56. The van der Waals surface area contributed by atoms with Crippen molar-refractivity contribution in [3.8, 4) is 0 Å². The highest BCUT2D eigenvalue weighted by atomic mass is 19.4. The lowest BCUT2D eigenvalue weighted by atomic mass is 10.1. The second-order valence-corrected chi connectivity index (χ2v) is 6.80. The number of benzene rings is 2. The summed E-state index contributed by atoms with van der Waals surface area (Å²) in [5.74, 6) is -2.46. The zero-order chi connectivity index (χ0) is 21.9. The number of para-hydroxylation sites is 1. The fourth-order valence-electron chi connectivity index (χ4n) is 3.22. The highest BCUT2D eigenvalue weighted by molar-refractivity contribution is 6.41. The SMILES string of the molecule is CCc1cccc(N2CCN(CC(=O)Nc3ccccc3C(F)(F)F)C(=O)C2=O)c1. The molecule has 0 spiro atoms. The van der Waals surface area contributed by atoms with Gasteiger partial charge in [0.2, 0.25) is 5.91 Å². The molecule has 0 saturated carbocycles. The lowest BCUT2D eigenvalue weighted by molar-refractivity contribution is -0.147. The molecule has 1 saturated heterocycles. The first-order valence-electron chi connectivity index (χ1n) is 9.36. The van der Waals surface area contributed by atoms with Gasteiger partial charge in [-0.25, -0.2) is 0 Å². The molecule has 1 fully saturated rings. The number of halogens is 3. The van der Waals surface area contributed by atoms with Gasteiger partial charge in [0, 0.05) is 18.8 Å². The molecule has 0 aromatic heterocycles. The average molecular weight is 419 g/mol. The Kier molecular flexibility index (Phi) is 6.09. The maximum absolute atomic E-state index is 13.1. The first-order chi connectivity index (χ1) is 14.2. The molecule has 3 amide bonds. The van der Waals surface area contributed by atoms with Gasteiger partial charge in [0.25, 0.3) is 0 Å². The number of nitrogens with zero attached hydrogens (tertiary/aromatic N) is 2. The van der Waals surface area contributed by atoms with Crippen LogP contribution in [-0.4, -0.2) is 42.3 Å². The predicted octanol–water partition coefficient (Wildman–Crippen LogP) is 3.08. The Balaban J connectivity index is 1.67. The van der Waals surface area contributed by atoms with Crippen LogP contribution in [0.1, 0.15) is 18.1 Å². The third-order valence-corrected chi connectivity index (χ3v) is 4.78. The van der Waals surface area contributed by atoms with Gasteiger partial charge in [0.05, 0.1) is 11.3 Å². The molecule has 0 unspecified atom stereocenters. The molecule has 1 N–H and O–H groups in total. The van der Waals surface area contributed by atoms with Crippen LogP contribution >= 0.6 is 0 Å². The fourth-order valence-corrected chi connectivity index (χ4v) is 3.22. The number of carbonyl (C=O) groups excluding carboxylic acids is 3. The Bertz CT molecular complexity index is 975. The number of rotatable bonds is 5. The molecule has 2 aromatic rings. The maximum Gasteiger partial charge on any atom is 0.418 e. The highest BCUT2D eigenvalue weighted by Crippen LogP contribution is 2.34. The molecule has 1 heterocycles. The Hall–Kier alpha value is -3.36. The number of anilines is 2. The normalized spacial score (nSPS) is 14.8. The van der Waals surface area contributed by atoms with Crippen LogP contribution in [0.15, 0.2) is 48.5 Å². The molecule has 30 heavy (non-hydrogen) atoms. The molecule has 1 aliphatic rings. The van der Waals surface area contributed by atoms with E-state index in [1.165, 1.54) is 17.0 Å². The van der Waals surface area contributed by atoms with E-state index in [0.717, 1.165) is 29.0 Å². The van der Waals surface area contributed by atoms with Crippen molar-refractivity contribution in [3.63, 3.8) is 0 Å². The van der Waals surface area contributed by atoms with Crippen molar-refractivity contribution in [2.45, 2.75) is 19.5 Å². The minimum Gasteiger partial charge on any atom is -0.324 e. The zero-order valence-corrected chi connectivity index (χ0v) is 16.2.